The molecule has 1 aromatic rings. The Kier molecular flexibility index (Phi) is 3.56. The second kappa shape index (κ2) is 4.93. The highest BCUT2D eigenvalue weighted by molar-refractivity contribution is 5.18. The molecular formula is C13H21N3. The molecular weight excluding hydrogens is 198 g/mol. The van der Waals surface area contributed by atoms with Gasteiger partial charge < -0.3 is 5.73 Å². The molecule has 0 aromatic carbocycles. The van der Waals surface area contributed by atoms with Crippen molar-refractivity contribution in [1.82, 2.24) is 9.88 Å². The van der Waals surface area contributed by atoms with Crippen LogP contribution in [0.1, 0.15) is 37.1 Å². The summed E-state index contributed by atoms with van der Waals surface area (Å²) in [5.74, 6) is 0. The first-order valence-corrected chi connectivity index (χ1v) is 6.14. The molecule has 0 aliphatic carbocycles. The maximum Gasteiger partial charge on any atom is 0.0674 e. The Hall–Kier alpha value is -0.930. The van der Waals surface area contributed by atoms with E-state index in [1.54, 1.807) is 0 Å². The van der Waals surface area contributed by atoms with Crippen LogP contribution in [0.15, 0.2) is 18.3 Å². The Morgan fingerprint density at radius 3 is 2.94 bits per heavy atom. The van der Waals surface area contributed by atoms with Gasteiger partial charge in [0.1, 0.15) is 0 Å². The molecule has 16 heavy (non-hydrogen) atoms. The van der Waals surface area contributed by atoms with Crippen LogP contribution in [0.3, 0.4) is 0 Å². The SMILES string of the molecule is CCCN1CC[C@@H](N)[C@@H]1c1ccc(C)cn1. The van der Waals surface area contributed by atoms with Crippen LogP contribution in [-0.2, 0) is 0 Å². The predicted molar refractivity (Wildman–Crippen MR) is 66.2 cm³/mol. The van der Waals surface area contributed by atoms with Crippen LogP contribution in [0, 0.1) is 6.92 Å². The van der Waals surface area contributed by atoms with E-state index in [9.17, 15) is 0 Å². The highest BCUT2D eigenvalue weighted by Crippen LogP contribution is 2.29. The Morgan fingerprint density at radius 1 is 1.50 bits per heavy atom. The van der Waals surface area contributed by atoms with E-state index >= 15 is 0 Å². The average molecular weight is 219 g/mol. The van der Waals surface area contributed by atoms with E-state index in [4.69, 9.17) is 5.73 Å². The molecule has 0 spiro atoms. The first kappa shape index (κ1) is 11.6. The average Bonchev–Trinajstić information content (AvgIpc) is 2.62. The van der Waals surface area contributed by atoms with Crippen LogP contribution in [-0.4, -0.2) is 29.0 Å². The second-order valence-electron chi connectivity index (χ2n) is 4.69. The van der Waals surface area contributed by atoms with Gasteiger partial charge in [0.05, 0.1) is 11.7 Å². The Labute approximate surface area is 97.7 Å². The number of nitrogens with zero attached hydrogens (tertiary/aromatic N) is 2. The van der Waals surface area contributed by atoms with Gasteiger partial charge in [0.2, 0.25) is 0 Å². The molecule has 0 amide bonds. The number of aryl methyl sites for hydroxylation is 1. The van der Waals surface area contributed by atoms with E-state index in [2.05, 4.69) is 35.9 Å². The van der Waals surface area contributed by atoms with Crippen molar-refractivity contribution in [2.45, 2.75) is 38.8 Å². The van der Waals surface area contributed by atoms with Gasteiger partial charge in [-0.1, -0.05) is 13.0 Å². The zero-order valence-corrected chi connectivity index (χ0v) is 10.2. The molecule has 0 radical (unpaired) electrons. The first-order chi connectivity index (χ1) is 7.72. The lowest BCUT2D eigenvalue weighted by molar-refractivity contribution is 0.244. The first-order valence-electron chi connectivity index (χ1n) is 6.14. The van der Waals surface area contributed by atoms with Crippen molar-refractivity contribution in [2.75, 3.05) is 13.1 Å². The predicted octanol–water partition coefficient (Wildman–Crippen LogP) is 1.87. The third-order valence-corrected chi connectivity index (χ3v) is 3.30. The summed E-state index contributed by atoms with van der Waals surface area (Å²) in [6.07, 6.45) is 4.19. The Morgan fingerprint density at radius 2 is 2.31 bits per heavy atom. The van der Waals surface area contributed by atoms with E-state index < -0.39 is 0 Å². The van der Waals surface area contributed by atoms with E-state index in [1.807, 2.05) is 6.20 Å². The van der Waals surface area contributed by atoms with Crippen molar-refractivity contribution >= 4 is 0 Å². The molecule has 0 unspecified atom stereocenters. The van der Waals surface area contributed by atoms with Crippen LogP contribution >= 0.6 is 0 Å². The molecule has 2 atom stereocenters. The van der Waals surface area contributed by atoms with Crippen molar-refractivity contribution in [3.8, 4) is 0 Å². The molecule has 2 rings (SSSR count). The summed E-state index contributed by atoms with van der Waals surface area (Å²) >= 11 is 0. The molecule has 0 bridgehead atoms. The second-order valence-corrected chi connectivity index (χ2v) is 4.69. The van der Waals surface area contributed by atoms with E-state index in [-0.39, 0.29) is 6.04 Å². The number of nitrogens with two attached hydrogens (primary N) is 1. The van der Waals surface area contributed by atoms with E-state index in [1.165, 1.54) is 12.0 Å². The highest BCUT2D eigenvalue weighted by Gasteiger charge is 2.32. The van der Waals surface area contributed by atoms with E-state index in [0.29, 0.717) is 6.04 Å². The molecule has 88 valence electrons. The van der Waals surface area contributed by atoms with Crippen molar-refractivity contribution in [3.63, 3.8) is 0 Å². The lowest BCUT2D eigenvalue weighted by Gasteiger charge is -2.25. The quantitative estimate of drug-likeness (QED) is 0.844. The smallest absolute Gasteiger partial charge is 0.0674 e. The minimum Gasteiger partial charge on any atom is -0.326 e. The fourth-order valence-electron chi connectivity index (χ4n) is 2.48. The van der Waals surface area contributed by atoms with Gasteiger partial charge in [-0.3, -0.25) is 9.88 Å². The van der Waals surface area contributed by atoms with Crippen LogP contribution < -0.4 is 5.73 Å². The molecule has 3 heteroatoms. The van der Waals surface area contributed by atoms with Gasteiger partial charge in [0.15, 0.2) is 0 Å². The summed E-state index contributed by atoms with van der Waals surface area (Å²) in [5, 5.41) is 0. The van der Waals surface area contributed by atoms with Gasteiger partial charge in [0, 0.05) is 18.8 Å². The molecule has 1 saturated heterocycles. The van der Waals surface area contributed by atoms with Gasteiger partial charge in [-0.05, 0) is 37.9 Å². The van der Waals surface area contributed by atoms with Crippen molar-refractivity contribution in [1.29, 1.82) is 0 Å². The van der Waals surface area contributed by atoms with E-state index in [0.717, 1.165) is 25.2 Å². The maximum absolute atomic E-state index is 6.19. The third-order valence-electron chi connectivity index (χ3n) is 3.30. The van der Waals surface area contributed by atoms with Crippen LogP contribution in [0.5, 0.6) is 0 Å². The Bertz CT molecular complexity index is 332. The lowest BCUT2D eigenvalue weighted by Crippen LogP contribution is -2.32. The Balaban J connectivity index is 2.19. The molecule has 2 N–H and O–H groups in total. The molecule has 1 aliphatic heterocycles. The zero-order chi connectivity index (χ0) is 11.5. The van der Waals surface area contributed by atoms with Gasteiger partial charge in [-0.25, -0.2) is 0 Å². The van der Waals surface area contributed by atoms with Gasteiger partial charge in [-0.15, -0.1) is 0 Å². The minimum absolute atomic E-state index is 0.238. The summed E-state index contributed by atoms with van der Waals surface area (Å²) in [5.41, 5.74) is 8.52. The largest absolute Gasteiger partial charge is 0.326 e. The third kappa shape index (κ3) is 2.25. The zero-order valence-electron chi connectivity index (χ0n) is 10.2. The number of rotatable bonds is 3. The molecule has 1 aromatic heterocycles. The molecule has 3 nitrogen and oxygen atoms in total. The number of aromatic nitrogens is 1. The lowest BCUT2D eigenvalue weighted by atomic mass is 10.1. The molecule has 2 heterocycles. The summed E-state index contributed by atoms with van der Waals surface area (Å²) in [7, 11) is 0. The summed E-state index contributed by atoms with van der Waals surface area (Å²) in [6.45, 7) is 6.50. The number of likely N-dealkylation sites (tertiary alicyclic amines) is 1. The maximum atomic E-state index is 6.19. The monoisotopic (exact) mass is 219 g/mol. The van der Waals surface area contributed by atoms with Crippen molar-refractivity contribution < 1.29 is 0 Å². The van der Waals surface area contributed by atoms with Gasteiger partial charge in [0.25, 0.3) is 0 Å². The van der Waals surface area contributed by atoms with Crippen LogP contribution in [0.4, 0.5) is 0 Å². The van der Waals surface area contributed by atoms with Crippen LogP contribution in [0.25, 0.3) is 0 Å². The van der Waals surface area contributed by atoms with Gasteiger partial charge in [-0.2, -0.15) is 0 Å². The fraction of sp³-hybridized carbons (Fsp3) is 0.615. The van der Waals surface area contributed by atoms with Crippen molar-refractivity contribution in [3.05, 3.63) is 29.6 Å². The topological polar surface area (TPSA) is 42.1 Å². The number of hydrogen-bond acceptors (Lipinski definition) is 3. The normalized spacial score (nSPS) is 26.2. The summed E-state index contributed by atoms with van der Waals surface area (Å²) < 4.78 is 0. The summed E-state index contributed by atoms with van der Waals surface area (Å²) in [4.78, 5) is 6.98. The fourth-order valence-corrected chi connectivity index (χ4v) is 2.48. The number of pyridine rings is 1. The summed E-state index contributed by atoms with van der Waals surface area (Å²) in [6, 6.07) is 4.80. The van der Waals surface area contributed by atoms with Crippen LogP contribution in [0.2, 0.25) is 0 Å². The molecule has 1 fully saturated rings. The standard InChI is InChI=1S/C13H21N3/c1-3-7-16-8-6-11(14)13(16)12-5-4-10(2)9-15-12/h4-5,9,11,13H,3,6-8,14H2,1-2H3/t11-,13-/m1/s1. The van der Waals surface area contributed by atoms with Crippen molar-refractivity contribution in [2.24, 2.45) is 5.73 Å². The minimum atomic E-state index is 0.238. The molecule has 0 saturated carbocycles. The molecule has 1 aliphatic rings. The highest BCUT2D eigenvalue weighted by atomic mass is 15.2. The number of hydrogen-bond donors (Lipinski definition) is 1. The van der Waals surface area contributed by atoms with Gasteiger partial charge >= 0.3 is 0 Å².